The van der Waals surface area contributed by atoms with Gasteiger partial charge in [-0.05, 0) is 142 Å². The lowest BCUT2D eigenvalue weighted by atomic mass is 9.87. The summed E-state index contributed by atoms with van der Waals surface area (Å²) in [4.78, 5) is 12.5. The highest BCUT2D eigenvalue weighted by Gasteiger charge is 2.31. The van der Waals surface area contributed by atoms with Crippen LogP contribution in [0.1, 0.15) is 79.0 Å². The lowest BCUT2D eigenvalue weighted by molar-refractivity contribution is 0.589. The molecule has 374 valence electrons. The molecule has 0 aliphatic heterocycles. The van der Waals surface area contributed by atoms with Gasteiger partial charge in [0.1, 0.15) is 18.8 Å². The maximum absolute atomic E-state index is 2.33. The van der Waals surface area contributed by atoms with Crippen LogP contribution in [0.3, 0.4) is 0 Å². The third kappa shape index (κ3) is 17.2. The second kappa shape index (κ2) is 27.1. The average Bonchev–Trinajstić information content (AvgIpc) is 3.40. The van der Waals surface area contributed by atoms with E-state index in [0.29, 0.717) is 10.9 Å². The number of hydrogen-bond acceptors (Lipinski definition) is 0. The summed E-state index contributed by atoms with van der Waals surface area (Å²) in [6.07, 6.45) is 6.73. The molecule has 9 aromatic carbocycles. The highest BCUT2D eigenvalue weighted by Crippen LogP contribution is 2.36. The zero-order valence-electron chi connectivity index (χ0n) is 45.4. The van der Waals surface area contributed by atoms with E-state index >= 15 is 0 Å². The van der Waals surface area contributed by atoms with Gasteiger partial charge in [-0.15, -0.1) is 0 Å². The minimum Gasteiger partial charge on any atom is -0.0619 e. The molecular formula is C69H78S4+4. The topological polar surface area (TPSA) is 0 Å². The SMILES string of the molecule is CC(C)(C)c1ccc([S+](c2ccc(C(C)(C)C)cc2)c2ccc(C(C)(C)C)cc2)cc1.C[S+](C)c1ccccc1.C[S+](c1ccccc1)c1ccccc1.c1ccc([S+](c2ccccc2)c2ccccc2)cc1. The second-order valence-electron chi connectivity index (χ2n) is 21.1. The first-order valence-electron chi connectivity index (χ1n) is 25.2. The first-order valence-corrected chi connectivity index (χ1v) is 31.4. The third-order valence-corrected chi connectivity index (χ3v) is 19.8. The summed E-state index contributed by atoms with van der Waals surface area (Å²) in [6, 6.07) is 91.8. The Labute approximate surface area is 453 Å². The van der Waals surface area contributed by atoms with Crippen molar-refractivity contribution in [3.8, 4) is 0 Å². The molecule has 0 saturated carbocycles. The quantitative estimate of drug-likeness (QED) is 0.126. The fraction of sp³-hybridized carbons (Fsp3) is 0.217. The van der Waals surface area contributed by atoms with Crippen molar-refractivity contribution in [2.24, 2.45) is 0 Å². The fourth-order valence-corrected chi connectivity index (χ4v) is 14.1. The molecule has 0 heterocycles. The Morgan fingerprint density at radius 1 is 0.205 bits per heavy atom. The van der Waals surface area contributed by atoms with Gasteiger partial charge in [-0.1, -0.05) is 208 Å². The van der Waals surface area contributed by atoms with Gasteiger partial charge in [-0.3, -0.25) is 0 Å². The highest BCUT2D eigenvalue weighted by atomic mass is 32.2. The van der Waals surface area contributed by atoms with Gasteiger partial charge in [0.15, 0.2) is 44.1 Å². The Bertz CT molecular complexity index is 2650. The molecule has 73 heavy (non-hydrogen) atoms. The van der Waals surface area contributed by atoms with Gasteiger partial charge in [0, 0.05) is 10.9 Å². The lowest BCUT2D eigenvalue weighted by Gasteiger charge is -2.21. The van der Waals surface area contributed by atoms with Crippen molar-refractivity contribution < 1.29 is 0 Å². The molecule has 0 radical (unpaired) electrons. The van der Waals surface area contributed by atoms with Crippen molar-refractivity contribution in [2.45, 2.75) is 123 Å². The van der Waals surface area contributed by atoms with Crippen LogP contribution in [0.4, 0.5) is 0 Å². The molecule has 9 rings (SSSR count). The molecule has 0 aliphatic carbocycles. The predicted octanol–water partition coefficient (Wildman–Crippen LogP) is 18.7. The summed E-state index contributed by atoms with van der Waals surface area (Å²) in [6.45, 7) is 20.5. The smallest absolute Gasteiger partial charge is 0.0619 e. The summed E-state index contributed by atoms with van der Waals surface area (Å²) in [5.74, 6) is 0. The molecule has 0 amide bonds. The summed E-state index contributed by atoms with van der Waals surface area (Å²) in [5.41, 5.74) is 4.64. The Kier molecular flexibility index (Phi) is 21.0. The van der Waals surface area contributed by atoms with Crippen LogP contribution in [0.25, 0.3) is 0 Å². The Morgan fingerprint density at radius 2 is 0.384 bits per heavy atom. The standard InChI is InChI=1S/C30H39S.C18H15S.C13H13S.C8H11S/c1-28(2,3)22-10-16-25(17-11-22)31(26-18-12-23(13-19-26)29(4,5)6)27-20-14-24(15-21-27)30(7,8)9;1-4-10-16(11-5-1)19(17-12-6-2-7-13-17)18-14-8-3-9-15-18;1-14(12-8-4-2-5-9-12)13-10-6-3-7-11-13;1-9(2)8-6-4-3-5-7-8/h10-21H,1-9H3;1-15H;2-11H,1H3;3-7H,1-2H3/q4*+1. The first-order chi connectivity index (χ1) is 34.9. The average molecular weight is 1040 g/mol. The van der Waals surface area contributed by atoms with Gasteiger partial charge in [-0.25, -0.2) is 0 Å². The molecule has 0 aromatic heterocycles. The summed E-state index contributed by atoms with van der Waals surface area (Å²) < 4.78 is 0. The van der Waals surface area contributed by atoms with E-state index in [2.05, 4.69) is 336 Å². The van der Waals surface area contributed by atoms with Crippen LogP contribution < -0.4 is 0 Å². The fourth-order valence-electron chi connectivity index (χ4n) is 7.84. The van der Waals surface area contributed by atoms with Crippen LogP contribution in [0.15, 0.2) is 299 Å². The van der Waals surface area contributed by atoms with Crippen LogP contribution in [-0.4, -0.2) is 18.8 Å². The number of hydrogen-bond donors (Lipinski definition) is 0. The van der Waals surface area contributed by atoms with E-state index in [1.807, 2.05) is 0 Å². The second-order valence-corrected chi connectivity index (χ2v) is 29.3. The maximum atomic E-state index is 2.33. The van der Waals surface area contributed by atoms with Crippen molar-refractivity contribution in [3.05, 3.63) is 271 Å². The Balaban J connectivity index is 0.000000175. The van der Waals surface area contributed by atoms with Crippen molar-refractivity contribution >= 4 is 43.6 Å². The normalized spacial score (nSPS) is 11.5. The molecule has 0 fully saturated rings. The van der Waals surface area contributed by atoms with Crippen LogP contribution in [-0.2, 0) is 59.8 Å². The molecule has 0 saturated heterocycles. The third-order valence-electron chi connectivity index (χ3n) is 12.2. The van der Waals surface area contributed by atoms with E-state index in [0.717, 1.165) is 0 Å². The minimum absolute atomic E-state index is 0.0146. The molecule has 9 aromatic rings. The molecule has 0 unspecified atom stereocenters. The van der Waals surface area contributed by atoms with Crippen LogP contribution in [0.2, 0.25) is 0 Å². The zero-order chi connectivity index (χ0) is 52.4. The maximum Gasteiger partial charge on any atom is 0.166 e. The van der Waals surface area contributed by atoms with E-state index in [1.54, 1.807) is 0 Å². The van der Waals surface area contributed by atoms with E-state index in [9.17, 15) is 0 Å². The molecule has 0 bridgehead atoms. The van der Waals surface area contributed by atoms with Gasteiger partial charge in [0.2, 0.25) is 0 Å². The largest absolute Gasteiger partial charge is 0.166 e. The first kappa shape index (κ1) is 56.7. The minimum atomic E-state index is -0.120. The molecule has 0 aliphatic rings. The molecular weight excluding hydrogens is 957 g/mol. The number of benzene rings is 9. The van der Waals surface area contributed by atoms with E-state index in [4.69, 9.17) is 0 Å². The van der Waals surface area contributed by atoms with E-state index < -0.39 is 0 Å². The highest BCUT2D eigenvalue weighted by molar-refractivity contribution is 7.97. The summed E-state index contributed by atoms with van der Waals surface area (Å²) in [5, 5.41) is 0. The van der Waals surface area contributed by atoms with Crippen molar-refractivity contribution in [2.75, 3.05) is 18.8 Å². The predicted molar refractivity (Wildman–Crippen MR) is 326 cm³/mol. The van der Waals surface area contributed by atoms with Gasteiger partial charge in [0.25, 0.3) is 0 Å². The van der Waals surface area contributed by atoms with Crippen molar-refractivity contribution in [1.29, 1.82) is 0 Å². The van der Waals surface area contributed by atoms with Crippen molar-refractivity contribution in [3.63, 3.8) is 0 Å². The summed E-state index contributed by atoms with van der Waals surface area (Å²) in [7, 11) is 0.490. The number of rotatable bonds is 9. The van der Waals surface area contributed by atoms with Crippen LogP contribution in [0.5, 0.6) is 0 Å². The van der Waals surface area contributed by atoms with Gasteiger partial charge < -0.3 is 0 Å². The van der Waals surface area contributed by atoms with Gasteiger partial charge in [-0.2, -0.15) is 0 Å². The van der Waals surface area contributed by atoms with Gasteiger partial charge in [0.05, 0.1) is 32.7 Å². The molecule has 0 atom stereocenters. The van der Waals surface area contributed by atoms with E-state index in [-0.39, 0.29) is 48.9 Å². The summed E-state index contributed by atoms with van der Waals surface area (Å²) >= 11 is 0. The lowest BCUT2D eigenvalue weighted by Crippen LogP contribution is -2.13. The van der Waals surface area contributed by atoms with Crippen molar-refractivity contribution in [1.82, 2.24) is 0 Å². The van der Waals surface area contributed by atoms with Crippen LogP contribution >= 0.6 is 0 Å². The van der Waals surface area contributed by atoms with Gasteiger partial charge >= 0.3 is 0 Å². The van der Waals surface area contributed by atoms with Crippen LogP contribution in [0, 0.1) is 0 Å². The molecule has 0 spiro atoms. The zero-order valence-corrected chi connectivity index (χ0v) is 48.6. The Hall–Kier alpha value is -5.62. The molecule has 4 heteroatoms. The Morgan fingerprint density at radius 3 is 0.562 bits per heavy atom. The molecule has 0 nitrogen and oxygen atoms in total. The monoisotopic (exact) mass is 1030 g/mol. The van der Waals surface area contributed by atoms with E-state index in [1.165, 1.54) is 60.7 Å². The molecule has 0 N–H and O–H groups in total.